The fourth-order valence-corrected chi connectivity index (χ4v) is 2.04. The molecule has 0 bridgehead atoms. The van der Waals surface area contributed by atoms with Crippen molar-refractivity contribution in [1.29, 1.82) is 0 Å². The lowest BCUT2D eigenvalue weighted by atomic mass is 9.77. The molecular weight excluding hydrogens is 252 g/mol. The second-order valence-electron chi connectivity index (χ2n) is 5.44. The SMILES string of the molecule is CC1(C)OB(c2cncc(Cl)c2CO)OC1(C)C. The van der Waals surface area contributed by atoms with Crippen LogP contribution in [0.1, 0.15) is 33.3 Å². The summed E-state index contributed by atoms with van der Waals surface area (Å²) < 4.78 is 11.8. The van der Waals surface area contributed by atoms with Crippen LogP contribution in [0.25, 0.3) is 0 Å². The van der Waals surface area contributed by atoms with E-state index in [-0.39, 0.29) is 6.61 Å². The molecule has 0 spiro atoms. The normalized spacial score (nSPS) is 21.3. The van der Waals surface area contributed by atoms with Gasteiger partial charge < -0.3 is 14.4 Å². The minimum atomic E-state index is -0.552. The predicted molar refractivity (Wildman–Crippen MR) is 70.9 cm³/mol. The number of aromatic nitrogens is 1. The molecule has 0 unspecified atom stereocenters. The summed E-state index contributed by atoms with van der Waals surface area (Å²) >= 11 is 6.02. The quantitative estimate of drug-likeness (QED) is 0.827. The molecule has 4 nitrogen and oxygen atoms in total. The van der Waals surface area contributed by atoms with Crippen molar-refractivity contribution >= 4 is 24.2 Å². The molecule has 2 heterocycles. The van der Waals surface area contributed by atoms with E-state index >= 15 is 0 Å². The summed E-state index contributed by atoms with van der Waals surface area (Å²) in [6.45, 7) is 7.74. The molecule has 98 valence electrons. The average molecular weight is 270 g/mol. The summed E-state index contributed by atoms with van der Waals surface area (Å²) in [5, 5.41) is 9.82. The van der Waals surface area contributed by atoms with Crippen molar-refractivity contribution in [2.24, 2.45) is 0 Å². The third kappa shape index (κ3) is 2.16. The van der Waals surface area contributed by atoms with Crippen LogP contribution in [0.3, 0.4) is 0 Å². The molecule has 1 aromatic rings. The van der Waals surface area contributed by atoms with Crippen molar-refractivity contribution in [1.82, 2.24) is 4.98 Å². The number of aliphatic hydroxyl groups is 1. The Balaban J connectivity index is 2.38. The molecular formula is C12H17BClNO3. The van der Waals surface area contributed by atoms with Crippen molar-refractivity contribution in [2.45, 2.75) is 45.5 Å². The first-order valence-corrected chi connectivity index (χ1v) is 6.25. The van der Waals surface area contributed by atoms with Gasteiger partial charge in [0.1, 0.15) is 0 Å². The molecule has 0 aliphatic carbocycles. The molecule has 0 amide bonds. The van der Waals surface area contributed by atoms with Gasteiger partial charge in [0.05, 0.1) is 22.8 Å². The third-order valence-electron chi connectivity index (χ3n) is 3.70. The number of pyridine rings is 1. The number of nitrogens with zero attached hydrogens (tertiary/aromatic N) is 1. The Morgan fingerprint density at radius 3 is 2.28 bits per heavy atom. The molecule has 1 aliphatic heterocycles. The predicted octanol–water partition coefficient (Wildman–Crippen LogP) is 1.53. The first-order valence-electron chi connectivity index (χ1n) is 5.87. The molecule has 0 saturated carbocycles. The van der Waals surface area contributed by atoms with Crippen LogP contribution in [0.4, 0.5) is 0 Å². The Bertz CT molecular complexity index is 449. The average Bonchev–Trinajstić information content (AvgIpc) is 2.47. The Morgan fingerprint density at radius 2 is 1.78 bits per heavy atom. The minimum Gasteiger partial charge on any atom is -0.399 e. The van der Waals surface area contributed by atoms with Crippen LogP contribution in [0.2, 0.25) is 5.02 Å². The zero-order chi connectivity index (χ0) is 13.6. The van der Waals surface area contributed by atoms with Gasteiger partial charge in [0.15, 0.2) is 0 Å². The Labute approximate surface area is 112 Å². The Hall–Kier alpha value is -0.615. The molecule has 1 saturated heterocycles. The fourth-order valence-electron chi connectivity index (χ4n) is 1.82. The summed E-state index contributed by atoms with van der Waals surface area (Å²) in [6.07, 6.45) is 3.13. The van der Waals surface area contributed by atoms with Crippen molar-refractivity contribution in [3.8, 4) is 0 Å². The molecule has 0 radical (unpaired) electrons. The monoisotopic (exact) mass is 269 g/mol. The van der Waals surface area contributed by atoms with E-state index in [0.29, 0.717) is 16.0 Å². The highest BCUT2D eigenvalue weighted by Crippen LogP contribution is 2.36. The zero-order valence-corrected chi connectivity index (χ0v) is 11.8. The topological polar surface area (TPSA) is 51.6 Å². The van der Waals surface area contributed by atoms with Gasteiger partial charge in [0, 0.05) is 17.9 Å². The van der Waals surface area contributed by atoms with Gasteiger partial charge in [-0.15, -0.1) is 0 Å². The first kappa shape index (κ1) is 13.8. The van der Waals surface area contributed by atoms with E-state index in [1.807, 2.05) is 27.7 Å². The van der Waals surface area contributed by atoms with Crippen LogP contribution < -0.4 is 5.46 Å². The molecule has 1 aliphatic rings. The van der Waals surface area contributed by atoms with Gasteiger partial charge in [0.25, 0.3) is 0 Å². The van der Waals surface area contributed by atoms with Gasteiger partial charge in [-0.05, 0) is 33.3 Å². The van der Waals surface area contributed by atoms with E-state index in [2.05, 4.69) is 4.98 Å². The highest BCUT2D eigenvalue weighted by molar-refractivity contribution is 6.63. The van der Waals surface area contributed by atoms with Gasteiger partial charge in [-0.2, -0.15) is 0 Å². The van der Waals surface area contributed by atoms with Crippen molar-refractivity contribution < 1.29 is 14.4 Å². The van der Waals surface area contributed by atoms with Crippen LogP contribution >= 0.6 is 11.6 Å². The number of halogens is 1. The van der Waals surface area contributed by atoms with Crippen LogP contribution in [-0.2, 0) is 15.9 Å². The van der Waals surface area contributed by atoms with E-state index in [1.54, 1.807) is 6.20 Å². The highest BCUT2D eigenvalue weighted by atomic mass is 35.5. The number of hydrogen-bond acceptors (Lipinski definition) is 4. The van der Waals surface area contributed by atoms with Crippen LogP contribution in [-0.4, -0.2) is 28.4 Å². The lowest BCUT2D eigenvalue weighted by molar-refractivity contribution is 0.00578. The molecule has 18 heavy (non-hydrogen) atoms. The largest absolute Gasteiger partial charge is 0.496 e. The number of rotatable bonds is 2. The molecule has 1 N–H and O–H groups in total. The van der Waals surface area contributed by atoms with Gasteiger partial charge in [-0.3, -0.25) is 4.98 Å². The smallest absolute Gasteiger partial charge is 0.399 e. The molecule has 1 aromatic heterocycles. The summed E-state index contributed by atoms with van der Waals surface area (Å²) in [4.78, 5) is 4.03. The Kier molecular flexibility index (Phi) is 3.45. The van der Waals surface area contributed by atoms with Crippen molar-refractivity contribution in [2.75, 3.05) is 0 Å². The summed E-state index contributed by atoms with van der Waals surface area (Å²) in [5.41, 5.74) is 0.438. The molecule has 0 aromatic carbocycles. The standard InChI is InChI=1S/C12H17BClNO3/c1-11(2)12(3,4)18-13(17-11)9-5-15-6-10(14)8(9)7-16/h5-6,16H,7H2,1-4H3. The second kappa shape index (κ2) is 4.49. The van der Waals surface area contributed by atoms with E-state index < -0.39 is 18.3 Å². The maximum atomic E-state index is 9.40. The maximum Gasteiger partial charge on any atom is 0.496 e. The summed E-state index contributed by atoms with van der Waals surface area (Å²) in [6, 6.07) is 0. The number of hydrogen-bond donors (Lipinski definition) is 1. The van der Waals surface area contributed by atoms with Crippen molar-refractivity contribution in [3.63, 3.8) is 0 Å². The molecule has 2 rings (SSSR count). The molecule has 1 fully saturated rings. The van der Waals surface area contributed by atoms with E-state index in [0.717, 1.165) is 0 Å². The van der Waals surface area contributed by atoms with Crippen LogP contribution in [0, 0.1) is 0 Å². The fraction of sp³-hybridized carbons (Fsp3) is 0.583. The van der Waals surface area contributed by atoms with Gasteiger partial charge in [0.2, 0.25) is 0 Å². The zero-order valence-electron chi connectivity index (χ0n) is 11.0. The van der Waals surface area contributed by atoms with E-state index in [4.69, 9.17) is 20.9 Å². The lowest BCUT2D eigenvalue weighted by Crippen LogP contribution is -2.41. The first-order chi connectivity index (χ1) is 8.28. The maximum absolute atomic E-state index is 9.40. The highest BCUT2D eigenvalue weighted by Gasteiger charge is 2.52. The molecule has 0 atom stereocenters. The molecule has 6 heteroatoms. The van der Waals surface area contributed by atoms with Crippen molar-refractivity contribution in [3.05, 3.63) is 23.0 Å². The van der Waals surface area contributed by atoms with Crippen LogP contribution in [0.15, 0.2) is 12.4 Å². The lowest BCUT2D eigenvalue weighted by Gasteiger charge is -2.32. The van der Waals surface area contributed by atoms with E-state index in [1.165, 1.54) is 6.20 Å². The Morgan fingerprint density at radius 1 is 1.22 bits per heavy atom. The third-order valence-corrected chi connectivity index (χ3v) is 4.03. The van der Waals surface area contributed by atoms with E-state index in [9.17, 15) is 5.11 Å². The number of aliphatic hydroxyl groups excluding tert-OH is 1. The summed E-state index contributed by atoms with van der Waals surface area (Å²) in [7, 11) is -0.552. The minimum absolute atomic E-state index is 0.166. The second-order valence-corrected chi connectivity index (χ2v) is 5.84. The van der Waals surface area contributed by atoms with Gasteiger partial charge in [-0.25, -0.2) is 0 Å². The van der Waals surface area contributed by atoms with Gasteiger partial charge >= 0.3 is 7.12 Å². The summed E-state index contributed by atoms with van der Waals surface area (Å²) in [5.74, 6) is 0. The van der Waals surface area contributed by atoms with Gasteiger partial charge in [-0.1, -0.05) is 11.6 Å². The van der Waals surface area contributed by atoms with Crippen LogP contribution in [0.5, 0.6) is 0 Å².